The van der Waals surface area contributed by atoms with Crippen LogP contribution in [-0.2, 0) is 6.42 Å². The van der Waals surface area contributed by atoms with Crippen LogP contribution in [0.5, 0.6) is 0 Å². The molecule has 0 aromatic carbocycles. The van der Waals surface area contributed by atoms with Gasteiger partial charge in [-0.3, -0.25) is 10.1 Å². The smallest absolute Gasteiger partial charge is 0.0883 e. The zero-order valence-electron chi connectivity index (χ0n) is 9.99. The summed E-state index contributed by atoms with van der Waals surface area (Å²) in [5.41, 5.74) is 4.28. The van der Waals surface area contributed by atoms with Gasteiger partial charge in [-0.05, 0) is 43.0 Å². The number of nitrogens with one attached hydrogen (secondary N) is 1. The molecule has 16 heavy (non-hydrogen) atoms. The average molecular weight is 215 g/mol. The molecule has 0 atom stereocenters. The lowest BCUT2D eigenvalue weighted by atomic mass is 10.0. The zero-order valence-corrected chi connectivity index (χ0v) is 9.99. The summed E-state index contributed by atoms with van der Waals surface area (Å²) in [7, 11) is 0. The first-order valence-corrected chi connectivity index (χ1v) is 5.62. The van der Waals surface area contributed by atoms with E-state index in [2.05, 4.69) is 41.2 Å². The molecule has 0 aliphatic heterocycles. The molecule has 1 N–H and O–H groups in total. The molecule has 84 valence electrons. The molecular formula is C13H17N3. The first-order valence-electron chi connectivity index (χ1n) is 5.62. The molecule has 0 fully saturated rings. The minimum absolute atomic E-state index is 0.666. The fraction of sp³-hybridized carbons (Fsp3) is 0.385. The van der Waals surface area contributed by atoms with E-state index in [0.29, 0.717) is 5.92 Å². The summed E-state index contributed by atoms with van der Waals surface area (Å²) in [5, 5.41) is 7.11. The highest BCUT2D eigenvalue weighted by atomic mass is 15.1. The fourth-order valence-electron chi connectivity index (χ4n) is 1.77. The number of H-pyrrole nitrogens is 1. The minimum atomic E-state index is 0.666. The number of hydrogen-bond acceptors (Lipinski definition) is 2. The topological polar surface area (TPSA) is 41.6 Å². The van der Waals surface area contributed by atoms with E-state index in [1.807, 2.05) is 19.2 Å². The second-order valence-electron chi connectivity index (χ2n) is 4.57. The lowest BCUT2D eigenvalue weighted by Gasteiger charge is -2.05. The maximum absolute atomic E-state index is 4.36. The third-order valence-corrected chi connectivity index (χ3v) is 2.45. The molecule has 0 aliphatic carbocycles. The zero-order chi connectivity index (χ0) is 11.5. The molecule has 2 aromatic heterocycles. The molecule has 0 unspecified atom stereocenters. The van der Waals surface area contributed by atoms with Gasteiger partial charge in [0, 0.05) is 6.20 Å². The summed E-state index contributed by atoms with van der Waals surface area (Å²) in [6.45, 7) is 6.42. The Balaban J connectivity index is 2.28. The quantitative estimate of drug-likeness (QED) is 0.855. The lowest BCUT2D eigenvalue weighted by molar-refractivity contribution is 0.647. The van der Waals surface area contributed by atoms with Crippen LogP contribution in [0.2, 0.25) is 0 Å². The molecule has 0 saturated carbocycles. The van der Waals surface area contributed by atoms with Crippen molar-refractivity contribution in [2.45, 2.75) is 27.2 Å². The molecule has 3 heteroatoms. The molecule has 2 heterocycles. The first kappa shape index (κ1) is 10.9. The molecular weight excluding hydrogens is 198 g/mol. The SMILES string of the molecule is Cc1cc(-c2cc(CC(C)C)ccn2)[nH]n1. The Bertz CT molecular complexity index is 472. The van der Waals surface area contributed by atoms with Crippen molar-refractivity contribution < 1.29 is 0 Å². The number of aryl methyl sites for hydroxylation is 1. The van der Waals surface area contributed by atoms with Crippen LogP contribution in [0, 0.1) is 12.8 Å². The number of aromatic nitrogens is 3. The van der Waals surface area contributed by atoms with Crippen LogP contribution in [-0.4, -0.2) is 15.2 Å². The summed E-state index contributed by atoms with van der Waals surface area (Å²) in [5.74, 6) is 0.666. The Hall–Kier alpha value is -1.64. The van der Waals surface area contributed by atoms with Crippen LogP contribution in [0.25, 0.3) is 11.4 Å². The van der Waals surface area contributed by atoms with Crippen molar-refractivity contribution in [2.24, 2.45) is 5.92 Å². The summed E-state index contributed by atoms with van der Waals surface area (Å²) >= 11 is 0. The van der Waals surface area contributed by atoms with E-state index >= 15 is 0 Å². The van der Waals surface area contributed by atoms with Gasteiger partial charge in [0.15, 0.2) is 0 Å². The van der Waals surface area contributed by atoms with Gasteiger partial charge in [0.1, 0.15) is 0 Å². The largest absolute Gasteiger partial charge is 0.276 e. The number of hydrogen-bond donors (Lipinski definition) is 1. The van der Waals surface area contributed by atoms with Crippen LogP contribution in [0.3, 0.4) is 0 Å². The summed E-state index contributed by atoms with van der Waals surface area (Å²) in [4.78, 5) is 4.36. The van der Waals surface area contributed by atoms with E-state index in [1.54, 1.807) is 0 Å². The molecule has 0 aliphatic rings. The molecule has 2 aromatic rings. The van der Waals surface area contributed by atoms with Crippen molar-refractivity contribution >= 4 is 0 Å². The highest BCUT2D eigenvalue weighted by Gasteiger charge is 2.04. The van der Waals surface area contributed by atoms with Gasteiger partial charge in [-0.15, -0.1) is 0 Å². The second-order valence-corrected chi connectivity index (χ2v) is 4.57. The first-order chi connectivity index (χ1) is 7.65. The number of pyridine rings is 1. The van der Waals surface area contributed by atoms with Crippen molar-refractivity contribution in [3.8, 4) is 11.4 Å². The van der Waals surface area contributed by atoms with E-state index in [-0.39, 0.29) is 0 Å². The van der Waals surface area contributed by atoms with Crippen molar-refractivity contribution in [1.82, 2.24) is 15.2 Å². The Morgan fingerprint density at radius 1 is 1.31 bits per heavy atom. The molecule has 0 saturated heterocycles. The fourth-order valence-corrected chi connectivity index (χ4v) is 1.77. The molecule has 2 rings (SSSR count). The molecule has 0 amide bonds. The average Bonchev–Trinajstić information content (AvgIpc) is 2.64. The number of nitrogens with zero attached hydrogens (tertiary/aromatic N) is 2. The lowest BCUT2D eigenvalue weighted by Crippen LogP contribution is -1.95. The van der Waals surface area contributed by atoms with Gasteiger partial charge in [0.2, 0.25) is 0 Å². The summed E-state index contributed by atoms with van der Waals surface area (Å²) in [6.07, 6.45) is 2.95. The third kappa shape index (κ3) is 2.48. The van der Waals surface area contributed by atoms with Gasteiger partial charge in [0.25, 0.3) is 0 Å². The van der Waals surface area contributed by atoms with Gasteiger partial charge < -0.3 is 0 Å². The van der Waals surface area contributed by atoms with E-state index in [0.717, 1.165) is 23.5 Å². The maximum atomic E-state index is 4.36. The molecule has 0 spiro atoms. The maximum Gasteiger partial charge on any atom is 0.0883 e. The molecule has 0 bridgehead atoms. The van der Waals surface area contributed by atoms with E-state index in [9.17, 15) is 0 Å². The van der Waals surface area contributed by atoms with Crippen molar-refractivity contribution in [2.75, 3.05) is 0 Å². The van der Waals surface area contributed by atoms with Crippen LogP contribution in [0.4, 0.5) is 0 Å². The van der Waals surface area contributed by atoms with Crippen LogP contribution < -0.4 is 0 Å². The Morgan fingerprint density at radius 3 is 2.75 bits per heavy atom. The Kier molecular flexibility index (Phi) is 3.04. The van der Waals surface area contributed by atoms with Gasteiger partial charge >= 0.3 is 0 Å². The van der Waals surface area contributed by atoms with Crippen molar-refractivity contribution in [3.63, 3.8) is 0 Å². The predicted octanol–water partition coefficient (Wildman–Crippen LogP) is 2.98. The monoisotopic (exact) mass is 215 g/mol. The third-order valence-electron chi connectivity index (χ3n) is 2.45. The van der Waals surface area contributed by atoms with Crippen LogP contribution in [0.15, 0.2) is 24.4 Å². The van der Waals surface area contributed by atoms with Crippen LogP contribution >= 0.6 is 0 Å². The van der Waals surface area contributed by atoms with Gasteiger partial charge in [-0.2, -0.15) is 5.10 Å². The number of aromatic amines is 1. The van der Waals surface area contributed by atoms with Gasteiger partial charge in [-0.1, -0.05) is 13.8 Å². The van der Waals surface area contributed by atoms with Crippen LogP contribution in [0.1, 0.15) is 25.1 Å². The second kappa shape index (κ2) is 4.47. The van der Waals surface area contributed by atoms with Crippen molar-refractivity contribution in [1.29, 1.82) is 0 Å². The standard InChI is InChI=1S/C13H17N3/c1-9(2)6-11-4-5-14-12(8-11)13-7-10(3)15-16-13/h4-5,7-9H,6H2,1-3H3,(H,15,16). The summed E-state index contributed by atoms with van der Waals surface area (Å²) < 4.78 is 0. The van der Waals surface area contributed by atoms with E-state index in [4.69, 9.17) is 0 Å². The predicted molar refractivity (Wildman–Crippen MR) is 65.1 cm³/mol. The Labute approximate surface area is 95.9 Å². The normalized spacial score (nSPS) is 11.0. The van der Waals surface area contributed by atoms with Crippen molar-refractivity contribution in [3.05, 3.63) is 35.7 Å². The minimum Gasteiger partial charge on any atom is -0.276 e. The van der Waals surface area contributed by atoms with E-state index in [1.165, 1.54) is 5.56 Å². The highest BCUT2D eigenvalue weighted by Crippen LogP contribution is 2.17. The molecule has 3 nitrogen and oxygen atoms in total. The van der Waals surface area contributed by atoms with E-state index < -0.39 is 0 Å². The highest BCUT2D eigenvalue weighted by molar-refractivity contribution is 5.54. The Morgan fingerprint density at radius 2 is 2.12 bits per heavy atom. The van der Waals surface area contributed by atoms with Gasteiger partial charge in [-0.25, -0.2) is 0 Å². The number of rotatable bonds is 3. The van der Waals surface area contributed by atoms with Gasteiger partial charge in [0.05, 0.1) is 17.1 Å². The summed E-state index contributed by atoms with van der Waals surface area (Å²) in [6, 6.07) is 6.22. The molecule has 0 radical (unpaired) electrons.